The second-order valence-electron chi connectivity index (χ2n) is 7.56. The van der Waals surface area contributed by atoms with Crippen molar-refractivity contribution in [3.63, 3.8) is 0 Å². The van der Waals surface area contributed by atoms with Gasteiger partial charge in [0.05, 0.1) is 23.8 Å². The molecule has 0 saturated carbocycles. The zero-order valence-electron chi connectivity index (χ0n) is 16.2. The van der Waals surface area contributed by atoms with Crippen LogP contribution < -0.4 is 15.1 Å². The number of hydrogen-bond donors (Lipinski definition) is 0. The molecule has 0 amide bonds. The number of nitrogens with zero attached hydrogens (tertiary/aromatic N) is 2. The average Bonchev–Trinajstić information content (AvgIpc) is 2.79. The van der Waals surface area contributed by atoms with Gasteiger partial charge in [-0.25, -0.2) is 4.98 Å². The van der Waals surface area contributed by atoms with Crippen LogP contribution in [0.1, 0.15) is 34.6 Å². The molecule has 0 bridgehead atoms. The lowest BCUT2D eigenvalue weighted by Crippen LogP contribution is -2.41. The second kappa shape index (κ2) is 6.18. The van der Waals surface area contributed by atoms with Crippen molar-refractivity contribution in [2.45, 2.75) is 45.8 Å². The number of rotatable bonds is 4. The van der Waals surface area contributed by atoms with E-state index >= 15 is 0 Å². The molecule has 1 saturated heterocycles. The molecule has 0 spiro atoms. The summed E-state index contributed by atoms with van der Waals surface area (Å²) in [5, 5.41) is 1.04. The SMILES string of the molecule is CCN(C)c1ccc2cc(B3OC(C)(C)C(C)(C)O3)c(OC)cc2n1. The van der Waals surface area contributed by atoms with Crippen LogP contribution in [0.15, 0.2) is 24.3 Å². The van der Waals surface area contributed by atoms with E-state index < -0.39 is 7.12 Å². The number of methoxy groups -OCH3 is 1. The molecule has 0 N–H and O–H groups in total. The molecule has 3 rings (SSSR count). The zero-order valence-corrected chi connectivity index (χ0v) is 16.2. The molecule has 5 nitrogen and oxygen atoms in total. The van der Waals surface area contributed by atoms with Gasteiger partial charge in [-0.2, -0.15) is 0 Å². The number of hydrogen-bond acceptors (Lipinski definition) is 5. The Morgan fingerprint density at radius 2 is 1.76 bits per heavy atom. The van der Waals surface area contributed by atoms with Gasteiger partial charge >= 0.3 is 7.12 Å². The van der Waals surface area contributed by atoms with Crippen LogP contribution in [0.25, 0.3) is 10.9 Å². The zero-order chi connectivity index (χ0) is 18.4. The summed E-state index contributed by atoms with van der Waals surface area (Å²) in [7, 11) is 3.24. The summed E-state index contributed by atoms with van der Waals surface area (Å²) >= 11 is 0. The Bertz CT molecular complexity index is 776. The van der Waals surface area contributed by atoms with Crippen LogP contribution in [0.4, 0.5) is 5.82 Å². The largest absolute Gasteiger partial charge is 0.498 e. The minimum Gasteiger partial charge on any atom is -0.497 e. The summed E-state index contributed by atoms with van der Waals surface area (Å²) in [4.78, 5) is 6.85. The van der Waals surface area contributed by atoms with Crippen molar-refractivity contribution in [3.8, 4) is 5.75 Å². The topological polar surface area (TPSA) is 43.8 Å². The van der Waals surface area contributed by atoms with Crippen LogP contribution in [0.2, 0.25) is 0 Å². The fourth-order valence-corrected chi connectivity index (χ4v) is 2.86. The lowest BCUT2D eigenvalue weighted by atomic mass is 9.77. The van der Waals surface area contributed by atoms with Gasteiger partial charge in [-0.15, -0.1) is 0 Å². The van der Waals surface area contributed by atoms with E-state index in [9.17, 15) is 0 Å². The summed E-state index contributed by atoms with van der Waals surface area (Å²) in [6.07, 6.45) is 0. The molecule has 1 aromatic carbocycles. The van der Waals surface area contributed by atoms with E-state index in [1.54, 1.807) is 7.11 Å². The first kappa shape index (κ1) is 18.0. The Hall–Kier alpha value is -1.79. The summed E-state index contributed by atoms with van der Waals surface area (Å²) in [5.74, 6) is 1.68. The van der Waals surface area contributed by atoms with Crippen molar-refractivity contribution in [2.75, 3.05) is 25.6 Å². The van der Waals surface area contributed by atoms with Crippen molar-refractivity contribution in [3.05, 3.63) is 24.3 Å². The van der Waals surface area contributed by atoms with Gasteiger partial charge in [-0.3, -0.25) is 0 Å². The maximum Gasteiger partial charge on any atom is 0.498 e. The van der Waals surface area contributed by atoms with Gasteiger partial charge in [-0.1, -0.05) is 0 Å². The first-order chi connectivity index (χ1) is 11.7. The molecule has 6 heteroatoms. The molecule has 2 aromatic rings. The molecular weight excluding hydrogens is 315 g/mol. The van der Waals surface area contributed by atoms with E-state index in [1.165, 1.54) is 0 Å². The van der Waals surface area contributed by atoms with E-state index in [4.69, 9.17) is 19.0 Å². The first-order valence-corrected chi connectivity index (χ1v) is 8.74. The van der Waals surface area contributed by atoms with Gasteiger partial charge in [-0.05, 0) is 52.8 Å². The molecule has 0 atom stereocenters. The maximum atomic E-state index is 6.19. The molecule has 0 radical (unpaired) electrons. The highest BCUT2D eigenvalue weighted by Crippen LogP contribution is 2.37. The predicted molar refractivity (Wildman–Crippen MR) is 103 cm³/mol. The molecule has 2 heterocycles. The van der Waals surface area contributed by atoms with E-state index in [1.807, 2.05) is 19.2 Å². The minimum atomic E-state index is -0.456. The monoisotopic (exact) mass is 342 g/mol. The molecule has 134 valence electrons. The third-order valence-electron chi connectivity index (χ3n) is 5.40. The van der Waals surface area contributed by atoms with Gasteiger partial charge in [0.1, 0.15) is 11.6 Å². The quantitative estimate of drug-likeness (QED) is 0.800. The maximum absolute atomic E-state index is 6.19. The molecular formula is C19H27BN2O3. The van der Waals surface area contributed by atoms with E-state index in [2.05, 4.69) is 51.7 Å². The molecule has 1 fully saturated rings. The van der Waals surface area contributed by atoms with Crippen LogP contribution in [0.5, 0.6) is 5.75 Å². The van der Waals surface area contributed by atoms with Crippen LogP contribution >= 0.6 is 0 Å². The van der Waals surface area contributed by atoms with Crippen LogP contribution in [0.3, 0.4) is 0 Å². The number of pyridine rings is 1. The molecule has 1 aliphatic heterocycles. The van der Waals surface area contributed by atoms with Gasteiger partial charge in [0.15, 0.2) is 0 Å². The van der Waals surface area contributed by atoms with E-state index in [0.29, 0.717) is 0 Å². The third kappa shape index (κ3) is 3.09. The summed E-state index contributed by atoms with van der Waals surface area (Å²) in [6, 6.07) is 8.13. The smallest absolute Gasteiger partial charge is 0.497 e. The van der Waals surface area contributed by atoms with Crippen LogP contribution in [0, 0.1) is 0 Å². The Kier molecular flexibility index (Phi) is 4.46. The van der Waals surface area contributed by atoms with E-state index in [0.717, 1.165) is 34.5 Å². The Morgan fingerprint density at radius 1 is 1.12 bits per heavy atom. The average molecular weight is 342 g/mol. The number of aromatic nitrogens is 1. The van der Waals surface area contributed by atoms with Crippen LogP contribution in [-0.2, 0) is 9.31 Å². The minimum absolute atomic E-state index is 0.385. The lowest BCUT2D eigenvalue weighted by molar-refractivity contribution is 0.00578. The Morgan fingerprint density at radius 3 is 2.32 bits per heavy atom. The third-order valence-corrected chi connectivity index (χ3v) is 5.40. The fraction of sp³-hybridized carbons (Fsp3) is 0.526. The first-order valence-electron chi connectivity index (χ1n) is 8.74. The normalized spacial score (nSPS) is 18.6. The van der Waals surface area contributed by atoms with Crippen molar-refractivity contribution >= 4 is 29.3 Å². The van der Waals surface area contributed by atoms with Crippen LogP contribution in [-0.4, -0.2) is 44.0 Å². The van der Waals surface area contributed by atoms with Crippen molar-refractivity contribution in [2.24, 2.45) is 0 Å². The number of ether oxygens (including phenoxy) is 1. The van der Waals surface area contributed by atoms with Gasteiger partial charge in [0.25, 0.3) is 0 Å². The molecule has 1 aromatic heterocycles. The highest BCUT2D eigenvalue weighted by Gasteiger charge is 2.52. The van der Waals surface area contributed by atoms with E-state index in [-0.39, 0.29) is 11.2 Å². The van der Waals surface area contributed by atoms with Crippen molar-refractivity contribution < 1.29 is 14.0 Å². The number of anilines is 1. The molecule has 0 unspecified atom stereocenters. The molecule has 1 aliphatic rings. The fourth-order valence-electron chi connectivity index (χ4n) is 2.86. The van der Waals surface area contributed by atoms with Gasteiger partial charge in [0, 0.05) is 30.5 Å². The van der Waals surface area contributed by atoms with Gasteiger partial charge < -0.3 is 18.9 Å². The number of fused-ring (bicyclic) bond motifs is 1. The highest BCUT2D eigenvalue weighted by atomic mass is 16.7. The predicted octanol–water partition coefficient (Wildman–Crippen LogP) is 3.00. The van der Waals surface area contributed by atoms with Gasteiger partial charge in [0.2, 0.25) is 0 Å². The summed E-state index contributed by atoms with van der Waals surface area (Å²) < 4.78 is 18.0. The number of benzene rings is 1. The molecule has 0 aliphatic carbocycles. The second-order valence-corrected chi connectivity index (χ2v) is 7.56. The summed E-state index contributed by atoms with van der Waals surface area (Å²) in [6.45, 7) is 11.2. The lowest BCUT2D eigenvalue weighted by Gasteiger charge is -2.32. The standard InChI is InChI=1S/C19H27BN2O3/c1-8-22(6)17-10-9-13-11-14(16(23-7)12-15(13)21-17)20-24-18(2,3)19(4,5)25-20/h9-12H,8H2,1-7H3. The van der Waals surface area contributed by atoms with Crippen molar-refractivity contribution in [1.29, 1.82) is 0 Å². The van der Waals surface area contributed by atoms with Crippen molar-refractivity contribution in [1.82, 2.24) is 4.98 Å². The molecule has 25 heavy (non-hydrogen) atoms. The summed E-state index contributed by atoms with van der Waals surface area (Å²) in [5.41, 5.74) is 1.02. The Labute approximate surface area is 150 Å². The Balaban J connectivity index is 2.05. The highest BCUT2D eigenvalue weighted by molar-refractivity contribution is 6.63.